The Balaban J connectivity index is 1.63. The Morgan fingerprint density at radius 2 is 1.62 bits per heavy atom. The average molecular weight is 420 g/mol. The lowest BCUT2D eigenvalue weighted by molar-refractivity contribution is 0.855. The van der Waals surface area contributed by atoms with E-state index in [2.05, 4.69) is 73.5 Å². The van der Waals surface area contributed by atoms with Crippen LogP contribution >= 0.6 is 0 Å². The zero-order chi connectivity index (χ0) is 22.1. The van der Waals surface area contributed by atoms with Gasteiger partial charge in [-0.15, -0.1) is 0 Å². The number of aryl methyl sites for hydroxylation is 2. The van der Waals surface area contributed by atoms with Gasteiger partial charge < -0.3 is 5.32 Å². The summed E-state index contributed by atoms with van der Waals surface area (Å²) in [6.45, 7) is 6.30. The fourth-order valence-corrected chi connectivity index (χ4v) is 3.94. The van der Waals surface area contributed by atoms with Crippen LogP contribution in [0.5, 0.6) is 0 Å². The molecule has 5 rings (SSSR count). The topological polar surface area (TPSA) is 55.6 Å². The molecule has 0 saturated heterocycles. The molecule has 3 aromatic carbocycles. The van der Waals surface area contributed by atoms with Crippen LogP contribution in [0.15, 0.2) is 85.2 Å². The molecular formula is C27H25N5. The largest absolute Gasteiger partial charge is 0.348 e. The number of anilines is 1. The number of hydrogen-bond acceptors (Lipinski definition) is 4. The van der Waals surface area contributed by atoms with Gasteiger partial charge in [0.1, 0.15) is 12.1 Å². The van der Waals surface area contributed by atoms with Gasteiger partial charge in [0.2, 0.25) is 5.95 Å². The predicted molar refractivity (Wildman–Crippen MR) is 130 cm³/mol. The van der Waals surface area contributed by atoms with Crippen molar-refractivity contribution in [2.45, 2.75) is 26.8 Å². The maximum absolute atomic E-state index is 4.88. The SMILES string of the molecule is Cc1ccc2c(c1)ncn2-c1cc(-c2ccccc2C)nc(NC(C)c2ccccc2)n1. The lowest BCUT2D eigenvalue weighted by Gasteiger charge is -2.17. The molecule has 0 fully saturated rings. The van der Waals surface area contributed by atoms with E-state index >= 15 is 0 Å². The van der Waals surface area contributed by atoms with Gasteiger partial charge in [-0.05, 0) is 49.6 Å². The van der Waals surface area contributed by atoms with Crippen LogP contribution in [0, 0.1) is 13.8 Å². The summed E-state index contributed by atoms with van der Waals surface area (Å²) in [6.07, 6.45) is 1.83. The van der Waals surface area contributed by atoms with E-state index in [9.17, 15) is 0 Å². The van der Waals surface area contributed by atoms with Gasteiger partial charge in [0.05, 0.1) is 22.8 Å². The minimum Gasteiger partial charge on any atom is -0.348 e. The van der Waals surface area contributed by atoms with Crippen molar-refractivity contribution in [2.24, 2.45) is 0 Å². The lowest BCUT2D eigenvalue weighted by atomic mass is 10.1. The molecule has 158 valence electrons. The van der Waals surface area contributed by atoms with Crippen LogP contribution in [0.4, 0.5) is 5.95 Å². The van der Waals surface area contributed by atoms with E-state index in [-0.39, 0.29) is 6.04 Å². The number of fused-ring (bicyclic) bond motifs is 1. The summed E-state index contributed by atoms with van der Waals surface area (Å²) < 4.78 is 2.02. The molecule has 5 nitrogen and oxygen atoms in total. The summed E-state index contributed by atoms with van der Waals surface area (Å²) in [5.74, 6) is 1.37. The second-order valence-corrected chi connectivity index (χ2v) is 8.13. The number of rotatable bonds is 5. The molecule has 2 aromatic heterocycles. The average Bonchev–Trinajstić information content (AvgIpc) is 3.23. The van der Waals surface area contributed by atoms with Gasteiger partial charge in [0.15, 0.2) is 0 Å². The molecule has 1 N–H and O–H groups in total. The van der Waals surface area contributed by atoms with Gasteiger partial charge in [-0.1, -0.05) is 60.7 Å². The first kappa shape index (κ1) is 19.9. The fourth-order valence-electron chi connectivity index (χ4n) is 3.94. The van der Waals surface area contributed by atoms with Gasteiger partial charge in [-0.2, -0.15) is 4.98 Å². The standard InChI is InChI=1S/C27H25N5/c1-18-13-14-25-24(15-18)28-17-32(25)26-16-23(22-12-8-7-9-19(22)2)30-27(31-26)29-20(3)21-10-5-4-6-11-21/h4-17,20H,1-3H3,(H,29,30,31). The van der Waals surface area contributed by atoms with Crippen molar-refractivity contribution in [3.63, 3.8) is 0 Å². The van der Waals surface area contributed by atoms with Crippen molar-refractivity contribution in [3.05, 3.63) is 102 Å². The van der Waals surface area contributed by atoms with Crippen LogP contribution in [0.2, 0.25) is 0 Å². The molecule has 0 bridgehead atoms. The van der Waals surface area contributed by atoms with Crippen LogP contribution in [0.1, 0.15) is 29.7 Å². The Kier molecular flexibility index (Phi) is 5.15. The number of imidazole rings is 1. The van der Waals surface area contributed by atoms with E-state index in [1.807, 2.05) is 47.3 Å². The number of nitrogens with zero attached hydrogens (tertiary/aromatic N) is 4. The zero-order valence-electron chi connectivity index (χ0n) is 18.4. The summed E-state index contributed by atoms with van der Waals surface area (Å²) in [5.41, 5.74) is 7.48. The molecule has 0 saturated carbocycles. The van der Waals surface area contributed by atoms with Crippen LogP contribution in [-0.4, -0.2) is 19.5 Å². The first-order valence-electron chi connectivity index (χ1n) is 10.8. The summed E-state index contributed by atoms with van der Waals surface area (Å²) >= 11 is 0. The molecular weight excluding hydrogens is 394 g/mol. The summed E-state index contributed by atoms with van der Waals surface area (Å²) in [4.78, 5) is 14.3. The second-order valence-electron chi connectivity index (χ2n) is 8.13. The third-order valence-corrected chi connectivity index (χ3v) is 5.73. The highest BCUT2D eigenvalue weighted by atomic mass is 15.2. The highest BCUT2D eigenvalue weighted by Crippen LogP contribution is 2.27. The van der Waals surface area contributed by atoms with Gasteiger partial charge in [0, 0.05) is 11.6 Å². The molecule has 1 unspecified atom stereocenters. The number of nitrogens with one attached hydrogen (secondary N) is 1. The first-order valence-corrected chi connectivity index (χ1v) is 10.8. The minimum atomic E-state index is 0.0679. The summed E-state index contributed by atoms with van der Waals surface area (Å²) in [5, 5.41) is 3.49. The van der Waals surface area contributed by atoms with Gasteiger partial charge >= 0.3 is 0 Å². The quantitative estimate of drug-likeness (QED) is 0.365. The number of aromatic nitrogens is 4. The van der Waals surface area contributed by atoms with Crippen LogP contribution in [0.3, 0.4) is 0 Å². The third kappa shape index (κ3) is 3.85. The Labute approximate surface area is 187 Å². The second kappa shape index (κ2) is 8.27. The predicted octanol–water partition coefficient (Wildman–Crippen LogP) is 6.27. The molecule has 0 spiro atoms. The van der Waals surface area contributed by atoms with Crippen LogP contribution in [-0.2, 0) is 0 Å². The van der Waals surface area contributed by atoms with Crippen molar-refractivity contribution in [2.75, 3.05) is 5.32 Å². The molecule has 32 heavy (non-hydrogen) atoms. The molecule has 5 aromatic rings. The number of hydrogen-bond donors (Lipinski definition) is 1. The van der Waals surface area contributed by atoms with Gasteiger partial charge in [-0.3, -0.25) is 4.57 Å². The normalized spacial score (nSPS) is 12.1. The van der Waals surface area contributed by atoms with Crippen molar-refractivity contribution in [1.29, 1.82) is 0 Å². The Morgan fingerprint density at radius 1 is 0.844 bits per heavy atom. The molecule has 0 amide bonds. The molecule has 0 aliphatic rings. The minimum absolute atomic E-state index is 0.0679. The van der Waals surface area contributed by atoms with Gasteiger partial charge in [0.25, 0.3) is 0 Å². The molecule has 0 aliphatic carbocycles. The highest BCUT2D eigenvalue weighted by molar-refractivity contribution is 5.78. The molecule has 5 heteroatoms. The van der Waals surface area contributed by atoms with E-state index in [0.717, 1.165) is 28.1 Å². The third-order valence-electron chi connectivity index (χ3n) is 5.73. The molecule has 1 atom stereocenters. The smallest absolute Gasteiger partial charge is 0.225 e. The summed E-state index contributed by atoms with van der Waals surface area (Å²) in [6, 6.07) is 27.0. The van der Waals surface area contributed by atoms with E-state index in [1.165, 1.54) is 16.7 Å². The van der Waals surface area contributed by atoms with Crippen molar-refractivity contribution in [3.8, 4) is 17.1 Å². The molecule has 0 aliphatic heterocycles. The Morgan fingerprint density at radius 3 is 2.44 bits per heavy atom. The first-order chi connectivity index (χ1) is 15.6. The van der Waals surface area contributed by atoms with Crippen LogP contribution < -0.4 is 5.32 Å². The Bertz CT molecular complexity index is 1390. The van der Waals surface area contributed by atoms with E-state index < -0.39 is 0 Å². The van der Waals surface area contributed by atoms with Crippen molar-refractivity contribution < 1.29 is 0 Å². The van der Waals surface area contributed by atoms with Gasteiger partial charge in [-0.25, -0.2) is 9.97 Å². The number of benzene rings is 3. The highest BCUT2D eigenvalue weighted by Gasteiger charge is 2.14. The fraction of sp³-hybridized carbons (Fsp3) is 0.148. The van der Waals surface area contributed by atoms with E-state index in [4.69, 9.17) is 9.97 Å². The molecule has 0 radical (unpaired) electrons. The summed E-state index contributed by atoms with van der Waals surface area (Å²) in [7, 11) is 0. The van der Waals surface area contributed by atoms with Crippen LogP contribution in [0.25, 0.3) is 28.1 Å². The zero-order valence-corrected chi connectivity index (χ0v) is 18.4. The van der Waals surface area contributed by atoms with E-state index in [0.29, 0.717) is 5.95 Å². The molecule has 2 heterocycles. The van der Waals surface area contributed by atoms with Crippen molar-refractivity contribution >= 4 is 17.0 Å². The maximum atomic E-state index is 4.88. The van der Waals surface area contributed by atoms with Crippen molar-refractivity contribution in [1.82, 2.24) is 19.5 Å². The lowest BCUT2D eigenvalue weighted by Crippen LogP contribution is -2.11. The Hall–Kier alpha value is -3.99. The maximum Gasteiger partial charge on any atom is 0.225 e. The van der Waals surface area contributed by atoms with E-state index in [1.54, 1.807) is 0 Å². The monoisotopic (exact) mass is 419 g/mol.